The molecular formula is C14H23N3O2. The van der Waals surface area contributed by atoms with Crippen LogP contribution in [0.1, 0.15) is 12.5 Å². The molecule has 2 atom stereocenters. The molecule has 0 saturated carbocycles. The van der Waals surface area contributed by atoms with Crippen LogP contribution >= 0.6 is 0 Å². The SMILES string of the molecule is CCN(Cc1ccc(N(C)C)nc1)[C@H]1COC[C@@H]1O. The molecule has 0 spiro atoms. The molecule has 0 aromatic carbocycles. The van der Waals surface area contributed by atoms with Crippen molar-refractivity contribution in [2.75, 3.05) is 38.8 Å². The van der Waals surface area contributed by atoms with Crippen LogP contribution in [0.4, 0.5) is 5.82 Å². The third-order valence-electron chi connectivity index (χ3n) is 3.55. The maximum atomic E-state index is 9.90. The second kappa shape index (κ2) is 6.32. The van der Waals surface area contributed by atoms with E-state index in [0.29, 0.717) is 13.2 Å². The van der Waals surface area contributed by atoms with Crippen LogP contribution < -0.4 is 4.90 Å². The van der Waals surface area contributed by atoms with Crippen LogP contribution in [0.15, 0.2) is 18.3 Å². The molecule has 1 N–H and O–H groups in total. The summed E-state index contributed by atoms with van der Waals surface area (Å²) >= 11 is 0. The summed E-state index contributed by atoms with van der Waals surface area (Å²) in [6.07, 6.45) is 1.52. The lowest BCUT2D eigenvalue weighted by Gasteiger charge is -2.28. The molecular weight excluding hydrogens is 242 g/mol. The zero-order valence-electron chi connectivity index (χ0n) is 11.9. The van der Waals surface area contributed by atoms with Crippen molar-refractivity contribution in [2.24, 2.45) is 0 Å². The zero-order valence-corrected chi connectivity index (χ0v) is 11.9. The Morgan fingerprint density at radius 2 is 2.16 bits per heavy atom. The zero-order chi connectivity index (χ0) is 13.8. The first-order valence-electron chi connectivity index (χ1n) is 6.74. The molecule has 2 rings (SSSR count). The van der Waals surface area contributed by atoms with Crippen molar-refractivity contribution in [1.29, 1.82) is 0 Å². The predicted octanol–water partition coefficient (Wildman–Crippen LogP) is 0.729. The quantitative estimate of drug-likeness (QED) is 0.850. The van der Waals surface area contributed by atoms with Crippen molar-refractivity contribution in [1.82, 2.24) is 9.88 Å². The number of aliphatic hydroxyl groups excluding tert-OH is 1. The summed E-state index contributed by atoms with van der Waals surface area (Å²) in [5, 5.41) is 9.90. The molecule has 0 amide bonds. The van der Waals surface area contributed by atoms with Crippen molar-refractivity contribution >= 4 is 5.82 Å². The summed E-state index contributed by atoms with van der Waals surface area (Å²) in [6, 6.07) is 4.20. The van der Waals surface area contributed by atoms with E-state index in [1.54, 1.807) is 0 Å². The Kier molecular flexibility index (Phi) is 4.74. The summed E-state index contributed by atoms with van der Waals surface area (Å²) in [6.45, 7) is 4.84. The smallest absolute Gasteiger partial charge is 0.127 e. The third-order valence-corrected chi connectivity index (χ3v) is 3.55. The predicted molar refractivity (Wildman–Crippen MR) is 75.3 cm³/mol. The summed E-state index contributed by atoms with van der Waals surface area (Å²) < 4.78 is 5.33. The molecule has 5 nitrogen and oxygen atoms in total. The monoisotopic (exact) mass is 265 g/mol. The van der Waals surface area contributed by atoms with Gasteiger partial charge in [-0.25, -0.2) is 4.98 Å². The largest absolute Gasteiger partial charge is 0.389 e. The van der Waals surface area contributed by atoms with Crippen molar-refractivity contribution in [3.8, 4) is 0 Å². The fourth-order valence-electron chi connectivity index (χ4n) is 2.35. The van der Waals surface area contributed by atoms with Crippen LogP contribution in [0, 0.1) is 0 Å². The van der Waals surface area contributed by atoms with Crippen LogP contribution in [0.3, 0.4) is 0 Å². The van der Waals surface area contributed by atoms with Crippen molar-refractivity contribution in [3.05, 3.63) is 23.9 Å². The summed E-state index contributed by atoms with van der Waals surface area (Å²) in [4.78, 5) is 8.64. The topological polar surface area (TPSA) is 48.8 Å². The minimum Gasteiger partial charge on any atom is -0.389 e. The van der Waals surface area contributed by atoms with Gasteiger partial charge < -0.3 is 14.7 Å². The number of pyridine rings is 1. The standard InChI is InChI=1S/C14H23N3O2/c1-4-17(12-9-19-10-13(12)18)8-11-5-6-14(15-7-11)16(2)3/h5-7,12-13,18H,4,8-10H2,1-3H3/t12-,13-/m0/s1. The van der Waals surface area contributed by atoms with Gasteiger partial charge in [-0.15, -0.1) is 0 Å². The van der Waals surface area contributed by atoms with Gasteiger partial charge in [-0.2, -0.15) is 0 Å². The van der Waals surface area contributed by atoms with E-state index in [9.17, 15) is 5.11 Å². The molecule has 1 aromatic heterocycles. The van der Waals surface area contributed by atoms with E-state index in [0.717, 1.165) is 24.5 Å². The second-order valence-corrected chi connectivity index (χ2v) is 5.15. The van der Waals surface area contributed by atoms with Gasteiger partial charge in [0.1, 0.15) is 5.82 Å². The Morgan fingerprint density at radius 3 is 2.63 bits per heavy atom. The molecule has 0 unspecified atom stereocenters. The van der Waals surface area contributed by atoms with Crippen molar-refractivity contribution in [2.45, 2.75) is 25.6 Å². The van der Waals surface area contributed by atoms with Crippen LogP contribution in [-0.4, -0.2) is 61.0 Å². The first-order valence-corrected chi connectivity index (χ1v) is 6.74. The number of ether oxygens (including phenoxy) is 1. The number of aliphatic hydroxyl groups is 1. The van der Waals surface area contributed by atoms with E-state index >= 15 is 0 Å². The van der Waals surface area contributed by atoms with E-state index < -0.39 is 0 Å². The highest BCUT2D eigenvalue weighted by Crippen LogP contribution is 2.17. The first kappa shape index (κ1) is 14.2. The van der Waals surface area contributed by atoms with Crippen LogP contribution in [-0.2, 0) is 11.3 Å². The Labute approximate surface area is 114 Å². The molecule has 2 heterocycles. The molecule has 0 bridgehead atoms. The highest BCUT2D eigenvalue weighted by Gasteiger charge is 2.30. The van der Waals surface area contributed by atoms with Crippen molar-refractivity contribution in [3.63, 3.8) is 0 Å². The minimum absolute atomic E-state index is 0.0959. The van der Waals surface area contributed by atoms with E-state index in [-0.39, 0.29) is 12.1 Å². The molecule has 1 aliphatic heterocycles. The fraction of sp³-hybridized carbons (Fsp3) is 0.643. The molecule has 1 saturated heterocycles. The second-order valence-electron chi connectivity index (χ2n) is 5.15. The minimum atomic E-state index is -0.381. The number of hydrogen-bond acceptors (Lipinski definition) is 5. The average molecular weight is 265 g/mol. The number of aromatic nitrogens is 1. The van der Waals surface area contributed by atoms with Crippen LogP contribution in [0.5, 0.6) is 0 Å². The number of nitrogens with zero attached hydrogens (tertiary/aromatic N) is 3. The maximum absolute atomic E-state index is 9.90. The molecule has 19 heavy (non-hydrogen) atoms. The van der Waals surface area contributed by atoms with Crippen LogP contribution in [0.25, 0.3) is 0 Å². The molecule has 1 aliphatic rings. The van der Waals surface area contributed by atoms with Gasteiger partial charge in [-0.05, 0) is 18.2 Å². The van der Waals surface area contributed by atoms with Crippen molar-refractivity contribution < 1.29 is 9.84 Å². The molecule has 0 aliphatic carbocycles. The van der Waals surface area contributed by atoms with Gasteiger partial charge in [0.15, 0.2) is 0 Å². The van der Waals surface area contributed by atoms with E-state index in [1.807, 2.05) is 31.3 Å². The molecule has 0 radical (unpaired) electrons. The van der Waals surface area contributed by atoms with Gasteiger partial charge in [-0.3, -0.25) is 4.90 Å². The normalized spacial score (nSPS) is 23.0. The number of likely N-dealkylation sites (N-methyl/N-ethyl adjacent to an activating group) is 1. The van der Waals surface area contributed by atoms with Gasteiger partial charge >= 0.3 is 0 Å². The number of hydrogen-bond donors (Lipinski definition) is 1. The highest BCUT2D eigenvalue weighted by molar-refractivity contribution is 5.37. The molecule has 1 aromatic rings. The lowest BCUT2D eigenvalue weighted by Crippen LogP contribution is -2.42. The highest BCUT2D eigenvalue weighted by atomic mass is 16.5. The number of rotatable bonds is 5. The summed E-state index contributed by atoms with van der Waals surface area (Å²) in [5.74, 6) is 0.955. The van der Waals surface area contributed by atoms with Gasteiger partial charge in [0.25, 0.3) is 0 Å². The Balaban J connectivity index is 2.01. The van der Waals surface area contributed by atoms with Gasteiger partial charge in [0, 0.05) is 26.8 Å². The van der Waals surface area contributed by atoms with E-state index in [1.165, 1.54) is 0 Å². The summed E-state index contributed by atoms with van der Waals surface area (Å²) in [7, 11) is 3.96. The average Bonchev–Trinajstić information content (AvgIpc) is 2.83. The first-order chi connectivity index (χ1) is 9.11. The third kappa shape index (κ3) is 3.43. The maximum Gasteiger partial charge on any atom is 0.127 e. The molecule has 106 valence electrons. The van der Waals surface area contributed by atoms with Gasteiger partial charge in [0.2, 0.25) is 0 Å². The summed E-state index contributed by atoms with van der Waals surface area (Å²) in [5.41, 5.74) is 1.16. The Hall–Kier alpha value is -1.17. The van der Waals surface area contributed by atoms with Gasteiger partial charge in [-0.1, -0.05) is 13.0 Å². The Bertz CT molecular complexity index is 394. The lowest BCUT2D eigenvalue weighted by atomic mass is 10.1. The van der Waals surface area contributed by atoms with Gasteiger partial charge in [0.05, 0.1) is 25.4 Å². The van der Waals surface area contributed by atoms with E-state index in [2.05, 4.69) is 22.9 Å². The lowest BCUT2D eigenvalue weighted by molar-refractivity contribution is 0.0808. The number of anilines is 1. The fourth-order valence-corrected chi connectivity index (χ4v) is 2.35. The molecule has 1 fully saturated rings. The van der Waals surface area contributed by atoms with E-state index in [4.69, 9.17) is 4.74 Å². The Morgan fingerprint density at radius 1 is 1.37 bits per heavy atom. The molecule has 5 heteroatoms. The van der Waals surface area contributed by atoms with Crippen LogP contribution in [0.2, 0.25) is 0 Å².